The first-order valence-corrected chi connectivity index (χ1v) is 18.3. The van der Waals surface area contributed by atoms with Gasteiger partial charge in [0.05, 0.1) is 0 Å². The number of benzene rings is 2. The maximum Gasteiger partial charge on any atom is 0.410 e. The van der Waals surface area contributed by atoms with E-state index in [4.69, 9.17) is 40.6 Å². The van der Waals surface area contributed by atoms with Gasteiger partial charge in [0.1, 0.15) is 35.0 Å². The maximum atomic E-state index is 13.1. The number of nitrogen functional groups attached to an aromatic ring is 2. The van der Waals surface area contributed by atoms with Crippen molar-refractivity contribution < 1.29 is 37.5 Å². The molecule has 2 aliphatic heterocycles. The van der Waals surface area contributed by atoms with Crippen LogP contribution in [-0.4, -0.2) is 120 Å². The van der Waals surface area contributed by atoms with Crippen LogP contribution in [0.4, 0.5) is 9.59 Å². The van der Waals surface area contributed by atoms with Crippen LogP contribution >= 0.6 is 24.8 Å². The van der Waals surface area contributed by atoms with Crippen LogP contribution in [0.2, 0.25) is 0 Å². The van der Waals surface area contributed by atoms with E-state index in [9.17, 15) is 19.2 Å². The second-order valence-corrected chi connectivity index (χ2v) is 14.0. The zero-order valence-corrected chi connectivity index (χ0v) is 32.3. The fourth-order valence-corrected chi connectivity index (χ4v) is 7.23. The van der Waals surface area contributed by atoms with Crippen LogP contribution in [0.3, 0.4) is 0 Å². The van der Waals surface area contributed by atoms with Crippen molar-refractivity contribution in [1.82, 2.24) is 19.6 Å². The molecule has 0 bridgehead atoms. The SMILES string of the molecule is Cl.Cl.N=C(N)c1ccc2oc(C(=O)N3CCN(C(=O)OC4CCCC(OC(=O)N5CCN(C(=O)c6cc7cc(C(=N)N)ccc7o6)CC5)CCC4)CC3)cc2c1. The van der Waals surface area contributed by atoms with Gasteiger partial charge in [-0.1, -0.05) is 0 Å². The maximum absolute atomic E-state index is 13.1. The fraction of sp³-hybridized carbons (Fsp3) is 0.421. The molecule has 56 heavy (non-hydrogen) atoms. The Hall–Kier alpha value is -5.48. The van der Waals surface area contributed by atoms with E-state index in [0.29, 0.717) is 111 Å². The molecule has 4 aromatic rings. The zero-order chi connectivity index (χ0) is 37.9. The Morgan fingerprint density at radius 3 is 1.23 bits per heavy atom. The molecule has 7 rings (SSSR count). The quantitative estimate of drug-likeness (QED) is 0.148. The smallest absolute Gasteiger partial charge is 0.410 e. The van der Waals surface area contributed by atoms with Gasteiger partial charge in [0.15, 0.2) is 11.5 Å². The van der Waals surface area contributed by atoms with E-state index in [1.54, 1.807) is 68.1 Å². The van der Waals surface area contributed by atoms with E-state index in [-0.39, 0.29) is 72.0 Å². The highest BCUT2D eigenvalue weighted by atomic mass is 35.5. The first-order valence-electron chi connectivity index (χ1n) is 18.3. The molecule has 4 heterocycles. The Labute approximate surface area is 335 Å². The number of nitrogens with zero attached hydrogens (tertiary/aromatic N) is 4. The fourth-order valence-electron chi connectivity index (χ4n) is 7.23. The number of furan rings is 2. The minimum atomic E-state index is -0.392. The van der Waals surface area contributed by atoms with Crippen LogP contribution in [0.25, 0.3) is 21.9 Å². The van der Waals surface area contributed by atoms with Crippen LogP contribution in [0, 0.1) is 10.8 Å². The van der Waals surface area contributed by atoms with Crippen LogP contribution in [-0.2, 0) is 9.47 Å². The Bertz CT molecular complexity index is 1950. The third kappa shape index (κ3) is 9.30. The van der Waals surface area contributed by atoms with Gasteiger partial charge in [-0.3, -0.25) is 20.4 Å². The summed E-state index contributed by atoms with van der Waals surface area (Å²) in [6.07, 6.45) is 2.85. The molecular formula is C38H46Cl2N8O8. The minimum absolute atomic E-state index is 0. The monoisotopic (exact) mass is 812 g/mol. The van der Waals surface area contributed by atoms with E-state index in [0.717, 1.165) is 12.8 Å². The number of hydrogen-bond acceptors (Lipinski definition) is 10. The largest absolute Gasteiger partial charge is 0.451 e. The van der Waals surface area contributed by atoms with Gasteiger partial charge in [-0.05, 0) is 87.1 Å². The number of halogens is 2. The van der Waals surface area contributed by atoms with E-state index in [1.165, 1.54) is 0 Å². The lowest BCUT2D eigenvalue weighted by atomic mass is 9.96. The van der Waals surface area contributed by atoms with Gasteiger partial charge in [-0.2, -0.15) is 0 Å². The zero-order valence-electron chi connectivity index (χ0n) is 30.7. The molecule has 2 saturated heterocycles. The predicted octanol–water partition coefficient (Wildman–Crippen LogP) is 5.17. The summed E-state index contributed by atoms with van der Waals surface area (Å²) in [5.41, 5.74) is 13.3. The molecule has 0 unspecified atom stereocenters. The predicted molar refractivity (Wildman–Crippen MR) is 212 cm³/mol. The van der Waals surface area contributed by atoms with Gasteiger partial charge >= 0.3 is 12.2 Å². The van der Waals surface area contributed by atoms with Crippen LogP contribution in [0.5, 0.6) is 0 Å². The number of carbonyl (C=O) groups is 4. The molecule has 2 aromatic heterocycles. The molecular weight excluding hydrogens is 767 g/mol. The summed E-state index contributed by atoms with van der Waals surface area (Å²) in [7, 11) is 0. The lowest BCUT2D eigenvalue weighted by Crippen LogP contribution is -2.51. The Kier molecular flexibility index (Phi) is 13.4. The molecule has 0 radical (unpaired) electrons. The van der Waals surface area contributed by atoms with Gasteiger partial charge in [0.2, 0.25) is 0 Å². The summed E-state index contributed by atoms with van der Waals surface area (Å²) in [4.78, 5) is 59.0. The summed E-state index contributed by atoms with van der Waals surface area (Å²) in [5.74, 6) is -0.260. The van der Waals surface area contributed by atoms with Crippen molar-refractivity contribution in [3.8, 4) is 0 Å². The van der Waals surface area contributed by atoms with Gasteiger partial charge in [-0.25, -0.2) is 9.59 Å². The normalized spacial score (nSPS) is 18.9. The minimum Gasteiger partial charge on any atom is -0.451 e. The molecule has 18 heteroatoms. The van der Waals surface area contributed by atoms with Crippen LogP contribution in [0.15, 0.2) is 57.4 Å². The van der Waals surface area contributed by atoms with Crippen molar-refractivity contribution in [3.05, 3.63) is 71.2 Å². The van der Waals surface area contributed by atoms with Crippen molar-refractivity contribution in [2.24, 2.45) is 11.5 Å². The van der Waals surface area contributed by atoms with E-state index in [1.807, 2.05) is 0 Å². The standard InChI is InChI=1S/C38H44N8O8.2ClH/c39-33(40)23-7-9-29-25(19-23)21-31(53-29)35(47)43-11-15-45(16-12-43)37(49)51-27-3-1-4-28(6-2-5-27)52-38(50)46-17-13-44(14-18-46)36(48)32-22-26-20-24(34(41)42)8-10-30(26)54-32;;/h7-10,19-22,27-28H,1-6,11-18H2,(H3,39,40)(H3,41,42);2*1H. The lowest BCUT2D eigenvalue weighted by molar-refractivity contribution is 0.0162. The molecule has 3 aliphatic rings. The Morgan fingerprint density at radius 1 is 0.554 bits per heavy atom. The number of ether oxygens (including phenoxy) is 2. The van der Waals surface area contributed by atoms with Gasteiger partial charge in [-0.15, -0.1) is 24.8 Å². The molecule has 1 saturated carbocycles. The number of nitrogens with one attached hydrogen (secondary N) is 2. The molecule has 1 aliphatic carbocycles. The highest BCUT2D eigenvalue weighted by Gasteiger charge is 2.31. The van der Waals surface area contributed by atoms with Crippen molar-refractivity contribution in [2.45, 2.75) is 50.7 Å². The molecule has 2 aromatic carbocycles. The van der Waals surface area contributed by atoms with Crippen molar-refractivity contribution >= 4 is 82.4 Å². The number of piperazine rings is 2. The van der Waals surface area contributed by atoms with Gasteiger partial charge in [0, 0.05) is 74.3 Å². The highest BCUT2D eigenvalue weighted by Crippen LogP contribution is 2.26. The average molecular weight is 814 g/mol. The number of amides is 4. The molecule has 4 amide bonds. The summed E-state index contributed by atoms with van der Waals surface area (Å²) < 4.78 is 23.3. The number of carbonyl (C=O) groups excluding carboxylic acids is 4. The number of amidine groups is 2. The summed E-state index contributed by atoms with van der Waals surface area (Å²) >= 11 is 0. The molecule has 0 spiro atoms. The van der Waals surface area contributed by atoms with E-state index >= 15 is 0 Å². The van der Waals surface area contributed by atoms with Crippen molar-refractivity contribution in [3.63, 3.8) is 0 Å². The Morgan fingerprint density at radius 2 is 0.893 bits per heavy atom. The highest BCUT2D eigenvalue weighted by molar-refractivity contribution is 6.02. The first kappa shape index (κ1) is 41.7. The lowest BCUT2D eigenvalue weighted by Gasteiger charge is -2.35. The number of rotatable bonds is 6. The third-order valence-corrected chi connectivity index (χ3v) is 10.4. The molecule has 16 nitrogen and oxygen atoms in total. The third-order valence-electron chi connectivity index (χ3n) is 10.4. The Balaban J connectivity index is 0.00000300. The number of hydrogen-bond donors (Lipinski definition) is 4. The van der Waals surface area contributed by atoms with E-state index in [2.05, 4.69) is 0 Å². The van der Waals surface area contributed by atoms with Crippen LogP contribution < -0.4 is 11.5 Å². The second kappa shape index (κ2) is 18.0. The molecule has 6 N–H and O–H groups in total. The van der Waals surface area contributed by atoms with Crippen molar-refractivity contribution in [1.29, 1.82) is 10.8 Å². The molecule has 3 fully saturated rings. The van der Waals surface area contributed by atoms with Gasteiger partial charge < -0.3 is 49.4 Å². The number of nitrogens with two attached hydrogens (primary N) is 2. The van der Waals surface area contributed by atoms with Crippen LogP contribution in [0.1, 0.15) is 70.8 Å². The molecule has 0 atom stereocenters. The van der Waals surface area contributed by atoms with E-state index < -0.39 is 12.2 Å². The van der Waals surface area contributed by atoms with Gasteiger partial charge in [0.25, 0.3) is 11.8 Å². The first-order chi connectivity index (χ1) is 26.0. The topological polar surface area (TPSA) is 226 Å². The molecule has 300 valence electrons. The number of fused-ring (bicyclic) bond motifs is 2. The summed E-state index contributed by atoms with van der Waals surface area (Å²) in [6.45, 7) is 2.75. The summed E-state index contributed by atoms with van der Waals surface area (Å²) in [6, 6.07) is 13.4. The van der Waals surface area contributed by atoms with Crippen molar-refractivity contribution in [2.75, 3.05) is 52.4 Å². The second-order valence-electron chi connectivity index (χ2n) is 14.0. The average Bonchev–Trinajstić information content (AvgIpc) is 3.80. The summed E-state index contributed by atoms with van der Waals surface area (Å²) in [5, 5.41) is 16.6.